The summed E-state index contributed by atoms with van der Waals surface area (Å²) in [6.45, 7) is 0. The Balaban J connectivity index is 2.64. The summed E-state index contributed by atoms with van der Waals surface area (Å²) in [5.74, 6) is 0.296. The van der Waals surface area contributed by atoms with Crippen molar-refractivity contribution in [3.05, 3.63) is 54.6 Å². The molecule has 0 saturated heterocycles. The van der Waals surface area contributed by atoms with Gasteiger partial charge in [-0.3, -0.25) is 0 Å². The molecule has 0 aliphatic heterocycles. The Morgan fingerprint density at radius 1 is 0.933 bits per heavy atom. The molecule has 1 nitrogen and oxygen atoms in total. The van der Waals surface area contributed by atoms with Crippen molar-refractivity contribution in [2.75, 3.05) is 0 Å². The number of aromatic hydroxyl groups is 1. The van der Waals surface area contributed by atoms with E-state index < -0.39 is 0 Å². The van der Waals surface area contributed by atoms with Crippen LogP contribution in [0, 0.1) is 6.07 Å². The van der Waals surface area contributed by atoms with E-state index >= 15 is 0 Å². The lowest BCUT2D eigenvalue weighted by Crippen LogP contribution is -1.78. The molecule has 1 N–H and O–H groups in total. The van der Waals surface area contributed by atoms with Crippen LogP contribution in [0.1, 0.15) is 0 Å². The number of fused-ring (bicyclic) bond motifs is 3. The van der Waals surface area contributed by atoms with Crippen molar-refractivity contribution in [3.63, 3.8) is 0 Å². The van der Waals surface area contributed by atoms with Crippen LogP contribution < -0.4 is 0 Å². The molecule has 0 unspecified atom stereocenters. The summed E-state index contributed by atoms with van der Waals surface area (Å²) in [7, 11) is 0. The Bertz CT molecular complexity index is 641. The Morgan fingerprint density at radius 3 is 2.67 bits per heavy atom. The lowest BCUT2D eigenvalue weighted by Gasteiger charge is -2.05. The molecule has 15 heavy (non-hydrogen) atoms. The Hall–Kier alpha value is -2.02. The van der Waals surface area contributed by atoms with Crippen molar-refractivity contribution < 1.29 is 5.11 Å². The fraction of sp³-hybridized carbons (Fsp3) is 0. The largest absolute Gasteiger partial charge is 0.507 e. The molecule has 71 valence electrons. The van der Waals surface area contributed by atoms with Gasteiger partial charge in [0.25, 0.3) is 0 Å². The highest BCUT2D eigenvalue weighted by molar-refractivity contribution is 6.09. The summed E-state index contributed by atoms with van der Waals surface area (Å²) in [5.41, 5.74) is 0. The molecule has 0 aliphatic rings. The third kappa shape index (κ3) is 1.17. The molecule has 0 atom stereocenters. The van der Waals surface area contributed by atoms with E-state index in [9.17, 15) is 5.11 Å². The normalized spacial score (nSPS) is 10.9. The van der Waals surface area contributed by atoms with Gasteiger partial charge in [-0.2, -0.15) is 0 Å². The van der Waals surface area contributed by atoms with E-state index in [4.69, 9.17) is 0 Å². The maximum absolute atomic E-state index is 9.84. The molecule has 0 spiro atoms. The zero-order chi connectivity index (χ0) is 10.3. The summed E-state index contributed by atoms with van der Waals surface area (Å²) in [6.07, 6.45) is 0. The molecule has 0 saturated carbocycles. The van der Waals surface area contributed by atoms with Crippen LogP contribution in [0.2, 0.25) is 0 Å². The van der Waals surface area contributed by atoms with E-state index in [1.54, 1.807) is 6.07 Å². The van der Waals surface area contributed by atoms with Crippen LogP contribution in [-0.4, -0.2) is 5.11 Å². The molecule has 0 amide bonds. The van der Waals surface area contributed by atoms with Crippen molar-refractivity contribution in [2.45, 2.75) is 0 Å². The molecule has 3 rings (SSSR count). The molecule has 3 aromatic carbocycles. The SMILES string of the molecule is Oc1cc2ccccc2c2ccc[c]c12. The van der Waals surface area contributed by atoms with Gasteiger partial charge in [-0.1, -0.05) is 42.5 Å². The second-order valence-corrected chi connectivity index (χ2v) is 3.58. The van der Waals surface area contributed by atoms with Crippen molar-refractivity contribution >= 4 is 21.5 Å². The Labute approximate surface area is 87.6 Å². The third-order valence-electron chi connectivity index (χ3n) is 2.66. The van der Waals surface area contributed by atoms with Crippen molar-refractivity contribution in [1.29, 1.82) is 0 Å². The first-order chi connectivity index (χ1) is 7.36. The summed E-state index contributed by atoms with van der Waals surface area (Å²) in [5, 5.41) is 13.9. The molecule has 0 aromatic heterocycles. The van der Waals surface area contributed by atoms with Gasteiger partial charge in [-0.25, -0.2) is 0 Å². The van der Waals surface area contributed by atoms with Crippen LogP contribution in [0.3, 0.4) is 0 Å². The number of hydrogen-bond donors (Lipinski definition) is 1. The van der Waals surface area contributed by atoms with E-state index in [1.165, 1.54) is 0 Å². The van der Waals surface area contributed by atoms with E-state index in [1.807, 2.05) is 36.4 Å². The minimum atomic E-state index is 0.296. The zero-order valence-corrected chi connectivity index (χ0v) is 8.07. The maximum Gasteiger partial charge on any atom is 0.124 e. The number of phenols is 1. The molecule has 1 heteroatoms. The number of rotatable bonds is 0. The van der Waals surface area contributed by atoms with E-state index in [-0.39, 0.29) is 0 Å². The van der Waals surface area contributed by atoms with Gasteiger partial charge in [-0.05, 0) is 28.3 Å². The summed E-state index contributed by atoms with van der Waals surface area (Å²) in [4.78, 5) is 0. The lowest BCUT2D eigenvalue weighted by atomic mass is 10.0. The summed E-state index contributed by atoms with van der Waals surface area (Å²) >= 11 is 0. The van der Waals surface area contributed by atoms with Crippen LogP contribution >= 0.6 is 0 Å². The molecule has 0 fully saturated rings. The molecule has 3 aromatic rings. The van der Waals surface area contributed by atoms with E-state index in [0.29, 0.717) is 5.75 Å². The van der Waals surface area contributed by atoms with Crippen molar-refractivity contribution in [2.24, 2.45) is 0 Å². The Morgan fingerprint density at radius 2 is 1.73 bits per heavy atom. The van der Waals surface area contributed by atoms with Crippen molar-refractivity contribution in [1.82, 2.24) is 0 Å². The average molecular weight is 193 g/mol. The highest BCUT2D eigenvalue weighted by Crippen LogP contribution is 2.31. The smallest absolute Gasteiger partial charge is 0.124 e. The first-order valence-corrected chi connectivity index (χ1v) is 4.87. The predicted molar refractivity (Wildman–Crippen MR) is 62.0 cm³/mol. The minimum Gasteiger partial charge on any atom is -0.507 e. The number of hydrogen-bond acceptors (Lipinski definition) is 1. The first-order valence-electron chi connectivity index (χ1n) is 4.87. The van der Waals surface area contributed by atoms with Crippen LogP contribution in [0.4, 0.5) is 0 Å². The summed E-state index contributed by atoms with van der Waals surface area (Å²) < 4.78 is 0. The minimum absolute atomic E-state index is 0.296. The van der Waals surface area contributed by atoms with Gasteiger partial charge in [-0.15, -0.1) is 0 Å². The van der Waals surface area contributed by atoms with E-state index in [2.05, 4.69) is 12.1 Å². The topological polar surface area (TPSA) is 20.2 Å². The molecule has 0 bridgehead atoms. The molecule has 0 heterocycles. The van der Waals surface area contributed by atoms with Gasteiger partial charge in [0.05, 0.1) is 0 Å². The van der Waals surface area contributed by atoms with Gasteiger partial charge in [0, 0.05) is 5.39 Å². The predicted octanol–water partition coefficient (Wildman–Crippen LogP) is 3.50. The quantitative estimate of drug-likeness (QED) is 0.542. The second-order valence-electron chi connectivity index (χ2n) is 3.58. The first kappa shape index (κ1) is 8.30. The molecular formula is C14H9O. The highest BCUT2D eigenvalue weighted by atomic mass is 16.3. The van der Waals surface area contributed by atoms with Gasteiger partial charge < -0.3 is 5.11 Å². The van der Waals surface area contributed by atoms with Crippen LogP contribution in [0.5, 0.6) is 5.75 Å². The van der Waals surface area contributed by atoms with Gasteiger partial charge in [0.2, 0.25) is 0 Å². The van der Waals surface area contributed by atoms with Crippen molar-refractivity contribution in [3.8, 4) is 5.75 Å². The van der Waals surface area contributed by atoms with Crippen LogP contribution in [0.15, 0.2) is 48.5 Å². The summed E-state index contributed by atoms with van der Waals surface area (Å²) in [6, 6.07) is 18.7. The highest BCUT2D eigenvalue weighted by Gasteiger charge is 2.03. The third-order valence-corrected chi connectivity index (χ3v) is 2.66. The van der Waals surface area contributed by atoms with Crippen LogP contribution in [-0.2, 0) is 0 Å². The Kier molecular flexibility index (Phi) is 1.65. The van der Waals surface area contributed by atoms with E-state index in [0.717, 1.165) is 21.5 Å². The van der Waals surface area contributed by atoms with Gasteiger partial charge >= 0.3 is 0 Å². The molecule has 1 radical (unpaired) electrons. The molecule has 0 aliphatic carbocycles. The fourth-order valence-electron chi connectivity index (χ4n) is 1.96. The second kappa shape index (κ2) is 2.99. The standard InChI is InChI=1S/C14H9O/c15-14-9-10-5-1-2-6-11(10)12-7-3-4-8-13(12)14/h1-7,9,15H. The number of benzene rings is 3. The maximum atomic E-state index is 9.84. The van der Waals surface area contributed by atoms with Crippen LogP contribution in [0.25, 0.3) is 21.5 Å². The van der Waals surface area contributed by atoms with Gasteiger partial charge in [0.15, 0.2) is 0 Å². The van der Waals surface area contributed by atoms with Gasteiger partial charge in [0.1, 0.15) is 5.75 Å². The fourth-order valence-corrected chi connectivity index (χ4v) is 1.96. The molecular weight excluding hydrogens is 184 g/mol. The number of phenolic OH excluding ortho intramolecular Hbond substituents is 1. The monoisotopic (exact) mass is 193 g/mol. The zero-order valence-electron chi connectivity index (χ0n) is 8.07. The lowest BCUT2D eigenvalue weighted by molar-refractivity contribution is 0.482. The average Bonchev–Trinajstić information content (AvgIpc) is 2.30.